The molecule has 0 bridgehead atoms. The Morgan fingerprint density at radius 1 is 1.21 bits per heavy atom. The maximum absolute atomic E-state index is 8.21. The van der Waals surface area contributed by atoms with Crippen LogP contribution in [-0.2, 0) is 19.7 Å². The lowest BCUT2D eigenvalue weighted by atomic mass is 10.2. The normalized spacial score (nSPS) is 11.1. The third kappa shape index (κ3) is 5.42. The number of rotatable bonds is 9. The Morgan fingerprint density at radius 2 is 1.89 bits per heavy atom. The summed E-state index contributed by atoms with van der Waals surface area (Å²) in [5, 5.41) is 3.43. The molecule has 1 aromatic carbocycles. The molecule has 0 radical (unpaired) electrons. The Labute approximate surface area is 114 Å². The van der Waals surface area contributed by atoms with Crippen LogP contribution in [0.25, 0.3) is 10.4 Å². The van der Waals surface area contributed by atoms with E-state index in [0.717, 1.165) is 6.42 Å². The highest BCUT2D eigenvalue weighted by atomic mass is 28.4. The zero-order valence-corrected chi connectivity index (χ0v) is 12.3. The van der Waals surface area contributed by atoms with Gasteiger partial charge in [0.2, 0.25) is 0 Å². The summed E-state index contributed by atoms with van der Waals surface area (Å²) in [6, 6.07) is 10.8. The van der Waals surface area contributed by atoms with E-state index in [1.54, 1.807) is 14.2 Å². The van der Waals surface area contributed by atoms with Gasteiger partial charge >= 0.3 is 8.80 Å². The maximum Gasteiger partial charge on any atom is 0.500 e. The first-order valence-electron chi connectivity index (χ1n) is 6.05. The van der Waals surface area contributed by atoms with Gasteiger partial charge in [0.15, 0.2) is 0 Å². The Balaban J connectivity index is 2.52. The van der Waals surface area contributed by atoms with Gasteiger partial charge in [0.1, 0.15) is 0 Å². The fourth-order valence-corrected chi connectivity index (χ4v) is 3.66. The van der Waals surface area contributed by atoms with Crippen LogP contribution in [0.5, 0.6) is 0 Å². The van der Waals surface area contributed by atoms with Crippen molar-refractivity contribution in [1.29, 1.82) is 0 Å². The minimum atomic E-state index is -2.66. The van der Waals surface area contributed by atoms with Gasteiger partial charge in [0.05, 0.1) is 0 Å². The van der Waals surface area contributed by atoms with Crippen molar-refractivity contribution >= 4 is 8.80 Å². The van der Waals surface area contributed by atoms with E-state index in [0.29, 0.717) is 12.7 Å². The van der Waals surface area contributed by atoms with Crippen LogP contribution in [0.3, 0.4) is 0 Å². The summed E-state index contributed by atoms with van der Waals surface area (Å²) in [5.74, 6) is 0. The van der Waals surface area contributed by atoms with Crippen molar-refractivity contribution < 1.29 is 13.3 Å². The van der Waals surface area contributed by atoms with Gasteiger partial charge in [0, 0.05) is 38.3 Å². The SMILES string of the molecule is CO[Si](CCc1ccccc1)(OC)OCCN=[N+]=[N-]. The summed E-state index contributed by atoms with van der Waals surface area (Å²) in [4.78, 5) is 2.68. The smallest absolute Gasteiger partial charge is 0.377 e. The van der Waals surface area contributed by atoms with E-state index in [9.17, 15) is 0 Å². The highest BCUT2D eigenvalue weighted by Gasteiger charge is 2.38. The van der Waals surface area contributed by atoms with Crippen LogP contribution in [0.1, 0.15) is 5.56 Å². The lowest BCUT2D eigenvalue weighted by Crippen LogP contribution is -2.44. The van der Waals surface area contributed by atoms with E-state index in [1.807, 2.05) is 18.2 Å². The quantitative estimate of drug-likeness (QED) is 0.229. The predicted octanol–water partition coefficient (Wildman–Crippen LogP) is 2.79. The van der Waals surface area contributed by atoms with Crippen LogP contribution in [0.15, 0.2) is 35.4 Å². The highest BCUT2D eigenvalue weighted by molar-refractivity contribution is 6.60. The Bertz CT molecular complexity index is 406. The summed E-state index contributed by atoms with van der Waals surface area (Å²) in [7, 11) is 0.524. The first-order chi connectivity index (χ1) is 9.26. The second kappa shape index (κ2) is 8.68. The molecular formula is C12H19N3O3Si. The molecule has 0 aliphatic rings. The molecule has 0 heterocycles. The number of azide groups is 1. The average Bonchev–Trinajstić information content (AvgIpc) is 2.48. The second-order valence-corrected chi connectivity index (χ2v) is 6.85. The molecule has 0 spiro atoms. The van der Waals surface area contributed by atoms with Crippen molar-refractivity contribution in [3.63, 3.8) is 0 Å². The minimum absolute atomic E-state index is 0.281. The number of hydrogen-bond donors (Lipinski definition) is 0. The Morgan fingerprint density at radius 3 is 2.47 bits per heavy atom. The number of nitrogens with zero attached hydrogens (tertiary/aromatic N) is 3. The van der Waals surface area contributed by atoms with Gasteiger partial charge in [-0.05, 0) is 17.5 Å². The van der Waals surface area contributed by atoms with Gasteiger partial charge in [-0.25, -0.2) is 0 Å². The fourth-order valence-electron chi connectivity index (χ4n) is 1.71. The fraction of sp³-hybridized carbons (Fsp3) is 0.500. The van der Waals surface area contributed by atoms with Crippen molar-refractivity contribution in [3.8, 4) is 0 Å². The van der Waals surface area contributed by atoms with Crippen molar-refractivity contribution in [2.24, 2.45) is 5.11 Å². The van der Waals surface area contributed by atoms with E-state index in [2.05, 4.69) is 22.2 Å². The molecule has 0 atom stereocenters. The van der Waals surface area contributed by atoms with E-state index in [4.69, 9.17) is 18.8 Å². The monoisotopic (exact) mass is 281 g/mol. The van der Waals surface area contributed by atoms with Gasteiger partial charge in [-0.3, -0.25) is 0 Å². The predicted molar refractivity (Wildman–Crippen MR) is 74.7 cm³/mol. The van der Waals surface area contributed by atoms with E-state index < -0.39 is 8.80 Å². The number of hydrogen-bond acceptors (Lipinski definition) is 4. The van der Waals surface area contributed by atoms with Crippen LogP contribution in [0.2, 0.25) is 6.04 Å². The zero-order chi connectivity index (χ0) is 14.0. The molecule has 0 aliphatic carbocycles. The standard InChI is InChI=1S/C12H19N3O3Si/c1-16-19(17-2,18-10-9-14-15-13)11-8-12-6-4-3-5-7-12/h3-7H,8-11H2,1-2H3. The molecule has 7 heteroatoms. The molecule has 19 heavy (non-hydrogen) atoms. The van der Waals surface area contributed by atoms with Crippen molar-refractivity contribution in [2.75, 3.05) is 27.4 Å². The molecule has 0 saturated heterocycles. The lowest BCUT2D eigenvalue weighted by Gasteiger charge is -2.26. The molecule has 0 N–H and O–H groups in total. The molecule has 104 valence electrons. The molecule has 0 saturated carbocycles. The summed E-state index contributed by atoms with van der Waals surface area (Å²) < 4.78 is 16.6. The van der Waals surface area contributed by atoms with Gasteiger partial charge in [-0.2, -0.15) is 0 Å². The number of benzene rings is 1. The summed E-state index contributed by atoms with van der Waals surface area (Å²) in [6.45, 7) is 0.593. The highest BCUT2D eigenvalue weighted by Crippen LogP contribution is 2.17. The van der Waals surface area contributed by atoms with Crippen LogP contribution in [0.4, 0.5) is 0 Å². The summed E-state index contributed by atoms with van der Waals surface area (Å²) in [6.07, 6.45) is 0.830. The average molecular weight is 281 g/mol. The van der Waals surface area contributed by atoms with Gasteiger partial charge in [-0.15, -0.1) is 0 Å². The largest absolute Gasteiger partial charge is 0.500 e. The number of aryl methyl sites for hydroxylation is 1. The van der Waals surface area contributed by atoms with Gasteiger partial charge < -0.3 is 13.3 Å². The van der Waals surface area contributed by atoms with E-state index in [-0.39, 0.29) is 6.54 Å². The second-order valence-electron chi connectivity index (χ2n) is 3.88. The molecule has 0 amide bonds. The van der Waals surface area contributed by atoms with Gasteiger partial charge in [-0.1, -0.05) is 35.4 Å². The van der Waals surface area contributed by atoms with Crippen LogP contribution < -0.4 is 0 Å². The van der Waals surface area contributed by atoms with Crippen LogP contribution >= 0.6 is 0 Å². The molecule has 1 aromatic rings. The molecule has 0 unspecified atom stereocenters. The zero-order valence-electron chi connectivity index (χ0n) is 11.3. The van der Waals surface area contributed by atoms with Crippen molar-refractivity contribution in [1.82, 2.24) is 0 Å². The molecular weight excluding hydrogens is 262 g/mol. The van der Waals surface area contributed by atoms with Crippen LogP contribution in [0, 0.1) is 0 Å². The molecule has 6 nitrogen and oxygen atoms in total. The molecule has 0 aliphatic heterocycles. The summed E-state index contributed by atoms with van der Waals surface area (Å²) in [5.41, 5.74) is 9.43. The van der Waals surface area contributed by atoms with E-state index in [1.165, 1.54) is 5.56 Å². The minimum Gasteiger partial charge on any atom is -0.377 e. The topological polar surface area (TPSA) is 76.5 Å². The lowest BCUT2D eigenvalue weighted by molar-refractivity contribution is 0.101. The van der Waals surface area contributed by atoms with E-state index >= 15 is 0 Å². The molecule has 1 rings (SSSR count). The first kappa shape index (κ1) is 15.7. The molecule has 0 fully saturated rings. The van der Waals surface area contributed by atoms with Crippen molar-refractivity contribution in [2.45, 2.75) is 12.5 Å². The summed E-state index contributed by atoms with van der Waals surface area (Å²) >= 11 is 0. The Kier molecular flexibility index (Phi) is 7.17. The molecule has 0 aromatic heterocycles. The third-order valence-electron chi connectivity index (χ3n) is 2.76. The first-order valence-corrected chi connectivity index (χ1v) is 7.98. The van der Waals surface area contributed by atoms with Crippen molar-refractivity contribution in [3.05, 3.63) is 46.3 Å². The maximum atomic E-state index is 8.21. The van der Waals surface area contributed by atoms with Crippen LogP contribution in [-0.4, -0.2) is 36.2 Å². The van der Waals surface area contributed by atoms with Gasteiger partial charge in [0.25, 0.3) is 0 Å². The Hall–Kier alpha value is -1.37. The third-order valence-corrected chi connectivity index (χ3v) is 5.51.